The zero-order valence-electron chi connectivity index (χ0n) is 8.22. The molecule has 0 amide bonds. The van der Waals surface area contributed by atoms with E-state index in [1.807, 2.05) is 39.0 Å². The average Bonchev–Trinajstić information content (AvgIpc) is 2.03. The molecule has 0 fully saturated rings. The Balaban J connectivity index is 4.47. The SMILES string of the molecule is C/C=C(OC)\C(N)=C/C=C(C)C. The lowest BCUT2D eigenvalue weighted by molar-refractivity contribution is 0.299. The van der Waals surface area contributed by atoms with E-state index in [-0.39, 0.29) is 0 Å². The summed E-state index contributed by atoms with van der Waals surface area (Å²) in [6.45, 7) is 5.93. The molecule has 0 aromatic heterocycles. The van der Waals surface area contributed by atoms with Gasteiger partial charge in [0, 0.05) is 0 Å². The van der Waals surface area contributed by atoms with Gasteiger partial charge in [0.25, 0.3) is 0 Å². The molecule has 2 nitrogen and oxygen atoms in total. The molecule has 0 rings (SSSR count). The first-order valence-corrected chi connectivity index (χ1v) is 3.93. The summed E-state index contributed by atoms with van der Waals surface area (Å²) in [5.74, 6) is 0.715. The zero-order chi connectivity index (χ0) is 9.56. The van der Waals surface area contributed by atoms with Gasteiger partial charge in [0.1, 0.15) is 5.76 Å². The molecule has 0 atom stereocenters. The van der Waals surface area contributed by atoms with Crippen molar-refractivity contribution in [2.75, 3.05) is 7.11 Å². The monoisotopic (exact) mass is 167 g/mol. The van der Waals surface area contributed by atoms with Crippen molar-refractivity contribution in [3.05, 3.63) is 35.3 Å². The van der Waals surface area contributed by atoms with Crippen LogP contribution in [0.1, 0.15) is 20.8 Å². The predicted molar refractivity (Wildman–Crippen MR) is 52.5 cm³/mol. The van der Waals surface area contributed by atoms with Crippen LogP contribution in [0.5, 0.6) is 0 Å². The van der Waals surface area contributed by atoms with Crippen molar-refractivity contribution < 1.29 is 4.74 Å². The van der Waals surface area contributed by atoms with E-state index in [0.29, 0.717) is 11.5 Å². The Morgan fingerprint density at radius 3 is 2.17 bits per heavy atom. The van der Waals surface area contributed by atoms with Gasteiger partial charge in [-0.25, -0.2) is 0 Å². The van der Waals surface area contributed by atoms with E-state index >= 15 is 0 Å². The topological polar surface area (TPSA) is 35.2 Å². The third-order valence-electron chi connectivity index (χ3n) is 1.36. The highest BCUT2D eigenvalue weighted by molar-refractivity contribution is 5.27. The number of ether oxygens (including phenoxy) is 1. The van der Waals surface area contributed by atoms with E-state index in [2.05, 4.69) is 0 Å². The third-order valence-corrected chi connectivity index (χ3v) is 1.36. The van der Waals surface area contributed by atoms with Gasteiger partial charge in [0.15, 0.2) is 0 Å². The van der Waals surface area contributed by atoms with Crippen LogP contribution in [0.25, 0.3) is 0 Å². The van der Waals surface area contributed by atoms with Gasteiger partial charge in [0.2, 0.25) is 0 Å². The molecule has 0 spiro atoms. The Labute approximate surface area is 74.4 Å². The lowest BCUT2D eigenvalue weighted by atomic mass is 10.2. The van der Waals surface area contributed by atoms with Crippen molar-refractivity contribution >= 4 is 0 Å². The lowest BCUT2D eigenvalue weighted by Crippen LogP contribution is -2.02. The van der Waals surface area contributed by atoms with Crippen molar-refractivity contribution in [3.8, 4) is 0 Å². The predicted octanol–water partition coefficient (Wildman–Crippen LogP) is 2.35. The Morgan fingerprint density at radius 1 is 1.25 bits per heavy atom. The molecule has 0 saturated heterocycles. The molecule has 0 radical (unpaired) electrons. The van der Waals surface area contributed by atoms with Crippen molar-refractivity contribution in [2.45, 2.75) is 20.8 Å². The van der Waals surface area contributed by atoms with E-state index in [0.717, 1.165) is 0 Å². The standard InChI is InChI=1S/C10H17NO/c1-5-10(12-4)9(11)7-6-8(2)3/h5-7H,11H2,1-4H3/b9-7+,10-5+. The van der Waals surface area contributed by atoms with Crippen molar-refractivity contribution in [1.29, 1.82) is 0 Å². The quantitative estimate of drug-likeness (QED) is 0.517. The molecule has 2 heteroatoms. The first kappa shape index (κ1) is 10.8. The maximum atomic E-state index is 5.71. The van der Waals surface area contributed by atoms with Crippen LogP contribution in [0, 0.1) is 0 Å². The zero-order valence-corrected chi connectivity index (χ0v) is 8.22. The smallest absolute Gasteiger partial charge is 0.137 e. The molecule has 68 valence electrons. The van der Waals surface area contributed by atoms with E-state index < -0.39 is 0 Å². The van der Waals surface area contributed by atoms with Crippen molar-refractivity contribution in [1.82, 2.24) is 0 Å². The summed E-state index contributed by atoms with van der Waals surface area (Å²) in [7, 11) is 1.61. The fraction of sp³-hybridized carbons (Fsp3) is 0.400. The van der Waals surface area contributed by atoms with Gasteiger partial charge in [-0.1, -0.05) is 11.6 Å². The summed E-state index contributed by atoms with van der Waals surface area (Å²) < 4.78 is 5.03. The fourth-order valence-corrected chi connectivity index (χ4v) is 0.741. The number of methoxy groups -OCH3 is 1. The number of nitrogens with two attached hydrogens (primary N) is 1. The second kappa shape index (κ2) is 5.47. The van der Waals surface area contributed by atoms with E-state index in [1.54, 1.807) is 7.11 Å². The third kappa shape index (κ3) is 3.86. The van der Waals surface area contributed by atoms with Crippen LogP contribution in [-0.2, 0) is 4.74 Å². The summed E-state index contributed by atoms with van der Waals surface area (Å²) in [6.07, 6.45) is 5.64. The summed E-state index contributed by atoms with van der Waals surface area (Å²) in [6, 6.07) is 0. The molecule has 2 N–H and O–H groups in total. The Hall–Kier alpha value is -1.18. The lowest BCUT2D eigenvalue weighted by Gasteiger charge is -2.03. The number of allylic oxidation sites excluding steroid dienone is 4. The first-order valence-electron chi connectivity index (χ1n) is 3.93. The highest BCUT2D eigenvalue weighted by Crippen LogP contribution is 2.04. The Bertz CT molecular complexity index is 220. The Kier molecular flexibility index (Phi) is 4.93. The minimum Gasteiger partial charge on any atom is -0.495 e. The highest BCUT2D eigenvalue weighted by Gasteiger charge is 1.95. The molecular formula is C10H17NO. The van der Waals surface area contributed by atoms with Crippen molar-refractivity contribution in [2.24, 2.45) is 5.73 Å². The summed E-state index contributed by atoms with van der Waals surface area (Å²) in [4.78, 5) is 0. The summed E-state index contributed by atoms with van der Waals surface area (Å²) >= 11 is 0. The molecule has 0 unspecified atom stereocenters. The number of rotatable bonds is 3. The van der Waals surface area contributed by atoms with Gasteiger partial charge >= 0.3 is 0 Å². The van der Waals surface area contributed by atoms with E-state index in [4.69, 9.17) is 10.5 Å². The van der Waals surface area contributed by atoms with Gasteiger partial charge in [-0.05, 0) is 32.9 Å². The first-order chi connectivity index (χ1) is 5.61. The molecule has 0 aromatic rings. The van der Waals surface area contributed by atoms with Crippen LogP contribution in [-0.4, -0.2) is 7.11 Å². The van der Waals surface area contributed by atoms with Crippen LogP contribution in [0.3, 0.4) is 0 Å². The van der Waals surface area contributed by atoms with Gasteiger partial charge in [0.05, 0.1) is 12.8 Å². The van der Waals surface area contributed by atoms with Gasteiger partial charge in [-0.3, -0.25) is 0 Å². The second-order valence-corrected chi connectivity index (χ2v) is 2.72. The molecular weight excluding hydrogens is 150 g/mol. The number of hydrogen-bond donors (Lipinski definition) is 1. The summed E-state index contributed by atoms with van der Waals surface area (Å²) in [5.41, 5.74) is 7.58. The second-order valence-electron chi connectivity index (χ2n) is 2.72. The Morgan fingerprint density at radius 2 is 1.83 bits per heavy atom. The molecule has 0 aliphatic heterocycles. The van der Waals surface area contributed by atoms with Gasteiger partial charge in [-0.2, -0.15) is 0 Å². The van der Waals surface area contributed by atoms with Gasteiger partial charge in [-0.15, -0.1) is 0 Å². The maximum Gasteiger partial charge on any atom is 0.137 e. The minimum absolute atomic E-state index is 0.654. The highest BCUT2D eigenvalue weighted by atomic mass is 16.5. The van der Waals surface area contributed by atoms with Gasteiger partial charge < -0.3 is 10.5 Å². The van der Waals surface area contributed by atoms with Crippen LogP contribution in [0.15, 0.2) is 35.3 Å². The normalized spacial score (nSPS) is 12.7. The van der Waals surface area contributed by atoms with E-state index in [9.17, 15) is 0 Å². The molecule has 12 heavy (non-hydrogen) atoms. The van der Waals surface area contributed by atoms with E-state index in [1.165, 1.54) is 5.57 Å². The van der Waals surface area contributed by atoms with Crippen LogP contribution in [0.4, 0.5) is 0 Å². The molecule has 0 aromatic carbocycles. The van der Waals surface area contributed by atoms with Crippen LogP contribution >= 0.6 is 0 Å². The fourth-order valence-electron chi connectivity index (χ4n) is 0.741. The molecule has 0 bridgehead atoms. The molecule has 0 saturated carbocycles. The number of hydrogen-bond acceptors (Lipinski definition) is 2. The average molecular weight is 167 g/mol. The van der Waals surface area contributed by atoms with Crippen LogP contribution < -0.4 is 5.73 Å². The minimum atomic E-state index is 0.654. The van der Waals surface area contributed by atoms with Crippen molar-refractivity contribution in [3.63, 3.8) is 0 Å². The largest absolute Gasteiger partial charge is 0.495 e. The molecule has 0 aliphatic rings. The van der Waals surface area contributed by atoms with Crippen LogP contribution in [0.2, 0.25) is 0 Å². The maximum absolute atomic E-state index is 5.71. The summed E-state index contributed by atoms with van der Waals surface area (Å²) in [5, 5.41) is 0. The molecule has 0 aliphatic carbocycles. The molecule has 0 heterocycles.